The molecule has 1 heterocycles. The van der Waals surface area contributed by atoms with Gasteiger partial charge in [-0.3, -0.25) is 4.79 Å². The van der Waals surface area contributed by atoms with Crippen LogP contribution in [0.5, 0.6) is 0 Å². The van der Waals surface area contributed by atoms with Crippen molar-refractivity contribution in [3.63, 3.8) is 0 Å². The van der Waals surface area contributed by atoms with Crippen molar-refractivity contribution in [2.45, 2.75) is 51.0 Å². The van der Waals surface area contributed by atoms with Crippen LogP contribution in [0, 0.1) is 6.92 Å². The first-order valence-electron chi connectivity index (χ1n) is 8.55. The van der Waals surface area contributed by atoms with Crippen LogP contribution in [-0.4, -0.2) is 28.1 Å². The molecule has 0 atom stereocenters. The summed E-state index contributed by atoms with van der Waals surface area (Å²) in [5, 5.41) is 16.3. The van der Waals surface area contributed by atoms with E-state index in [0.29, 0.717) is 6.54 Å². The topological polar surface area (TPSA) is 62.2 Å². The molecule has 0 aliphatic heterocycles. The SMILES string of the molecule is Cc1nc(-c2ccc(CCNC(=O)CC3(O)CCCC3)cc2)cs1. The van der Waals surface area contributed by atoms with Crippen molar-refractivity contribution in [1.82, 2.24) is 10.3 Å². The molecule has 2 N–H and O–H groups in total. The fourth-order valence-corrected chi connectivity index (χ4v) is 3.88. The highest BCUT2D eigenvalue weighted by Gasteiger charge is 2.33. The lowest BCUT2D eigenvalue weighted by Gasteiger charge is -2.21. The van der Waals surface area contributed by atoms with E-state index in [4.69, 9.17) is 0 Å². The number of hydrogen-bond acceptors (Lipinski definition) is 4. The number of thiazole rings is 1. The number of hydrogen-bond donors (Lipinski definition) is 2. The molecule has 4 nitrogen and oxygen atoms in total. The smallest absolute Gasteiger partial charge is 0.222 e. The van der Waals surface area contributed by atoms with E-state index in [1.807, 2.05) is 6.92 Å². The lowest BCUT2D eigenvalue weighted by atomic mass is 9.97. The number of aryl methyl sites for hydroxylation is 1. The van der Waals surface area contributed by atoms with Crippen LogP contribution in [0.25, 0.3) is 11.3 Å². The second-order valence-corrected chi connectivity index (χ2v) is 7.72. The van der Waals surface area contributed by atoms with Gasteiger partial charge in [-0.15, -0.1) is 11.3 Å². The van der Waals surface area contributed by atoms with Crippen LogP contribution in [0.15, 0.2) is 29.6 Å². The van der Waals surface area contributed by atoms with Gasteiger partial charge in [0.25, 0.3) is 0 Å². The molecule has 0 radical (unpaired) electrons. The molecule has 3 rings (SSSR count). The van der Waals surface area contributed by atoms with Crippen molar-refractivity contribution in [2.75, 3.05) is 6.54 Å². The van der Waals surface area contributed by atoms with Gasteiger partial charge in [-0.05, 0) is 31.7 Å². The van der Waals surface area contributed by atoms with Gasteiger partial charge in [0.15, 0.2) is 0 Å². The Morgan fingerprint density at radius 1 is 1.29 bits per heavy atom. The highest BCUT2D eigenvalue weighted by Crippen LogP contribution is 2.32. The van der Waals surface area contributed by atoms with Gasteiger partial charge in [-0.1, -0.05) is 37.1 Å². The molecule has 1 aromatic heterocycles. The number of carbonyl (C=O) groups is 1. The summed E-state index contributed by atoms with van der Waals surface area (Å²) in [6, 6.07) is 8.32. The van der Waals surface area contributed by atoms with Crippen LogP contribution in [-0.2, 0) is 11.2 Å². The van der Waals surface area contributed by atoms with Crippen LogP contribution in [0.1, 0.15) is 42.7 Å². The van der Waals surface area contributed by atoms with E-state index in [1.54, 1.807) is 11.3 Å². The normalized spacial score (nSPS) is 16.2. The average molecular weight is 344 g/mol. The molecule has 1 aromatic carbocycles. The summed E-state index contributed by atoms with van der Waals surface area (Å²) in [6.07, 6.45) is 4.56. The fraction of sp³-hybridized carbons (Fsp3) is 0.474. The Bertz CT molecular complexity index is 688. The first-order valence-corrected chi connectivity index (χ1v) is 9.43. The van der Waals surface area contributed by atoms with Gasteiger partial charge in [0.05, 0.1) is 22.7 Å². The van der Waals surface area contributed by atoms with E-state index in [9.17, 15) is 9.90 Å². The summed E-state index contributed by atoms with van der Waals surface area (Å²) < 4.78 is 0. The maximum atomic E-state index is 12.0. The summed E-state index contributed by atoms with van der Waals surface area (Å²) >= 11 is 1.65. The van der Waals surface area contributed by atoms with E-state index in [0.717, 1.165) is 48.4 Å². The zero-order valence-corrected chi connectivity index (χ0v) is 14.9. The Kier molecular flexibility index (Phi) is 5.31. The Labute approximate surface area is 146 Å². The molecule has 0 unspecified atom stereocenters. The number of aliphatic hydroxyl groups is 1. The molecule has 5 heteroatoms. The van der Waals surface area contributed by atoms with E-state index in [2.05, 4.69) is 39.9 Å². The molecule has 1 saturated carbocycles. The van der Waals surface area contributed by atoms with E-state index in [1.165, 1.54) is 5.56 Å². The lowest BCUT2D eigenvalue weighted by Crippen LogP contribution is -2.35. The second kappa shape index (κ2) is 7.45. The average Bonchev–Trinajstić information content (AvgIpc) is 3.17. The maximum Gasteiger partial charge on any atom is 0.222 e. The van der Waals surface area contributed by atoms with Crippen molar-refractivity contribution in [1.29, 1.82) is 0 Å². The van der Waals surface area contributed by atoms with E-state index < -0.39 is 5.60 Å². The van der Waals surface area contributed by atoms with Crippen molar-refractivity contribution in [2.24, 2.45) is 0 Å². The summed E-state index contributed by atoms with van der Waals surface area (Å²) in [5.74, 6) is -0.0473. The van der Waals surface area contributed by atoms with Crippen molar-refractivity contribution in [3.8, 4) is 11.3 Å². The molecule has 1 aliphatic rings. The lowest BCUT2D eigenvalue weighted by molar-refractivity contribution is -0.125. The largest absolute Gasteiger partial charge is 0.389 e. The number of amides is 1. The molecule has 1 fully saturated rings. The molecule has 128 valence electrons. The quantitative estimate of drug-likeness (QED) is 0.843. The second-order valence-electron chi connectivity index (χ2n) is 6.66. The third-order valence-electron chi connectivity index (χ3n) is 4.63. The van der Waals surface area contributed by atoms with Crippen LogP contribution in [0.3, 0.4) is 0 Å². The number of rotatable bonds is 6. The third-order valence-corrected chi connectivity index (χ3v) is 5.40. The van der Waals surface area contributed by atoms with Crippen molar-refractivity contribution in [3.05, 3.63) is 40.2 Å². The third kappa shape index (κ3) is 4.42. The standard InChI is InChI=1S/C19H24N2O2S/c1-14-21-17(13-24-14)16-6-4-15(5-7-16)8-11-20-18(22)12-19(23)9-2-3-10-19/h4-7,13,23H,2-3,8-12H2,1H3,(H,20,22). The molecule has 2 aromatic rings. The Balaban J connectivity index is 1.46. The van der Waals surface area contributed by atoms with Crippen LogP contribution in [0.2, 0.25) is 0 Å². The minimum Gasteiger partial charge on any atom is -0.389 e. The highest BCUT2D eigenvalue weighted by molar-refractivity contribution is 7.09. The first-order chi connectivity index (χ1) is 11.5. The molecular formula is C19H24N2O2S. The predicted molar refractivity (Wildman–Crippen MR) is 97.0 cm³/mol. The summed E-state index contributed by atoms with van der Waals surface area (Å²) in [4.78, 5) is 16.4. The molecule has 24 heavy (non-hydrogen) atoms. The van der Waals surface area contributed by atoms with Crippen LogP contribution in [0.4, 0.5) is 0 Å². The van der Waals surface area contributed by atoms with Gasteiger partial charge in [0, 0.05) is 17.5 Å². The van der Waals surface area contributed by atoms with E-state index in [-0.39, 0.29) is 12.3 Å². The summed E-state index contributed by atoms with van der Waals surface area (Å²) in [5.41, 5.74) is 2.56. The van der Waals surface area contributed by atoms with Crippen LogP contribution < -0.4 is 5.32 Å². The fourth-order valence-electron chi connectivity index (χ4n) is 3.26. The van der Waals surface area contributed by atoms with Gasteiger partial charge in [0.1, 0.15) is 0 Å². The number of benzene rings is 1. The minimum atomic E-state index is -0.766. The molecule has 1 aliphatic carbocycles. The monoisotopic (exact) mass is 344 g/mol. The summed E-state index contributed by atoms with van der Waals surface area (Å²) in [7, 11) is 0. The Morgan fingerprint density at radius 3 is 2.62 bits per heavy atom. The molecule has 0 bridgehead atoms. The molecule has 0 saturated heterocycles. The zero-order chi connectivity index (χ0) is 17.0. The maximum absolute atomic E-state index is 12.0. The number of aromatic nitrogens is 1. The highest BCUT2D eigenvalue weighted by atomic mass is 32.1. The van der Waals surface area contributed by atoms with Crippen molar-refractivity contribution >= 4 is 17.2 Å². The minimum absolute atomic E-state index is 0.0473. The number of nitrogens with one attached hydrogen (secondary N) is 1. The molecular weight excluding hydrogens is 320 g/mol. The van der Waals surface area contributed by atoms with Crippen LogP contribution >= 0.6 is 11.3 Å². The zero-order valence-electron chi connectivity index (χ0n) is 14.0. The van der Waals surface area contributed by atoms with Crippen molar-refractivity contribution < 1.29 is 9.90 Å². The predicted octanol–water partition coefficient (Wildman–Crippen LogP) is 3.47. The molecule has 1 amide bonds. The Hall–Kier alpha value is -1.72. The van der Waals surface area contributed by atoms with Gasteiger partial charge in [-0.2, -0.15) is 0 Å². The Morgan fingerprint density at radius 2 is 2.00 bits per heavy atom. The number of nitrogens with zero attached hydrogens (tertiary/aromatic N) is 1. The molecule has 0 spiro atoms. The first kappa shape index (κ1) is 17.1. The van der Waals surface area contributed by atoms with Gasteiger partial charge < -0.3 is 10.4 Å². The number of carbonyl (C=O) groups excluding carboxylic acids is 1. The van der Waals surface area contributed by atoms with E-state index >= 15 is 0 Å². The van der Waals surface area contributed by atoms with Gasteiger partial charge in [0.2, 0.25) is 5.91 Å². The van der Waals surface area contributed by atoms with Gasteiger partial charge in [-0.25, -0.2) is 4.98 Å². The summed E-state index contributed by atoms with van der Waals surface area (Å²) in [6.45, 7) is 2.61. The van der Waals surface area contributed by atoms with Gasteiger partial charge >= 0.3 is 0 Å².